The zero-order valence-corrected chi connectivity index (χ0v) is 16.3. The zero-order chi connectivity index (χ0) is 19.1. The summed E-state index contributed by atoms with van der Waals surface area (Å²) in [4.78, 5) is 11.4. The van der Waals surface area contributed by atoms with Crippen LogP contribution in [-0.2, 0) is 7.05 Å². The normalized spacial score (nSPS) is 32.6. The number of hydrazine groups is 1. The maximum absolute atomic E-state index is 9.42. The molecule has 4 heterocycles. The predicted molar refractivity (Wildman–Crippen MR) is 106 cm³/mol. The van der Waals surface area contributed by atoms with Gasteiger partial charge in [-0.1, -0.05) is 0 Å². The van der Waals surface area contributed by atoms with Gasteiger partial charge in [-0.15, -0.1) is 0 Å². The number of nitrogens with one attached hydrogen (secondary N) is 2. The van der Waals surface area contributed by atoms with E-state index in [2.05, 4.69) is 43.1 Å². The number of nitrogens with zero attached hydrogens (tertiary/aromatic N) is 5. The molecule has 5 rings (SSSR count). The molecule has 0 radical (unpaired) electrons. The fourth-order valence-corrected chi connectivity index (χ4v) is 5.20. The highest BCUT2D eigenvalue weighted by molar-refractivity contribution is 5.41. The molecule has 2 aromatic heterocycles. The average molecular weight is 384 g/mol. The lowest BCUT2D eigenvalue weighted by Gasteiger charge is -2.32. The van der Waals surface area contributed by atoms with Gasteiger partial charge in [-0.3, -0.25) is 10.1 Å². The monoisotopic (exact) mass is 383 g/mol. The molecule has 0 amide bonds. The molecule has 2 aromatic rings. The predicted octanol–water partition coefficient (Wildman–Crippen LogP) is 1.13. The summed E-state index contributed by atoms with van der Waals surface area (Å²) in [5.74, 6) is 2.40. The summed E-state index contributed by atoms with van der Waals surface area (Å²) in [5, 5.41) is 13.8. The molecular weight excluding hydrogens is 354 g/mol. The Morgan fingerprint density at radius 2 is 2.14 bits per heavy atom. The van der Waals surface area contributed by atoms with Crippen LogP contribution in [0.4, 0.5) is 5.82 Å². The number of aliphatic hydroxyl groups excluding tert-OH is 1. The summed E-state index contributed by atoms with van der Waals surface area (Å²) in [6, 6.07) is 2.82. The first-order valence-corrected chi connectivity index (χ1v) is 10.4. The maximum Gasteiger partial charge on any atom is 0.132 e. The van der Waals surface area contributed by atoms with Gasteiger partial charge in [-0.25, -0.2) is 15.4 Å². The van der Waals surface area contributed by atoms with E-state index >= 15 is 0 Å². The number of hydrogen-bond acceptors (Lipinski definition) is 7. The molecule has 0 aromatic carbocycles. The van der Waals surface area contributed by atoms with E-state index in [0.29, 0.717) is 23.8 Å². The topological polar surface area (TPSA) is 91.1 Å². The van der Waals surface area contributed by atoms with Crippen LogP contribution in [0.5, 0.6) is 0 Å². The summed E-state index contributed by atoms with van der Waals surface area (Å²) < 4.78 is 1.90. The van der Waals surface area contributed by atoms with Crippen molar-refractivity contribution < 1.29 is 5.11 Å². The third-order valence-corrected chi connectivity index (χ3v) is 6.81. The number of aromatic nitrogens is 4. The van der Waals surface area contributed by atoms with Crippen molar-refractivity contribution in [2.75, 3.05) is 24.6 Å². The Balaban J connectivity index is 1.34. The van der Waals surface area contributed by atoms with E-state index in [4.69, 9.17) is 0 Å². The summed E-state index contributed by atoms with van der Waals surface area (Å²) in [6.45, 7) is 2.08. The van der Waals surface area contributed by atoms with E-state index < -0.39 is 0 Å². The molecule has 8 heteroatoms. The number of aryl methyl sites for hydroxylation is 1. The van der Waals surface area contributed by atoms with E-state index in [1.165, 1.54) is 12.0 Å². The van der Waals surface area contributed by atoms with Crippen molar-refractivity contribution in [1.29, 1.82) is 0 Å². The smallest absolute Gasteiger partial charge is 0.132 e. The zero-order valence-electron chi connectivity index (χ0n) is 16.3. The lowest BCUT2D eigenvalue weighted by Crippen LogP contribution is -2.34. The Morgan fingerprint density at radius 1 is 1.21 bits per heavy atom. The Kier molecular flexibility index (Phi) is 4.78. The Hall–Kier alpha value is -2.03. The molecule has 1 aliphatic carbocycles. The van der Waals surface area contributed by atoms with Crippen molar-refractivity contribution >= 4 is 5.82 Å². The van der Waals surface area contributed by atoms with Crippen LogP contribution in [0, 0.1) is 11.8 Å². The molecule has 4 unspecified atom stereocenters. The maximum atomic E-state index is 9.42. The first-order valence-electron chi connectivity index (χ1n) is 10.4. The highest BCUT2D eigenvalue weighted by Gasteiger charge is 2.42. The first-order chi connectivity index (χ1) is 13.7. The molecular formula is C20H29N7O. The van der Waals surface area contributed by atoms with Crippen molar-refractivity contribution in [2.45, 2.75) is 43.7 Å². The van der Waals surface area contributed by atoms with Gasteiger partial charge in [0.15, 0.2) is 0 Å². The van der Waals surface area contributed by atoms with Crippen LogP contribution in [0.1, 0.15) is 48.9 Å². The van der Waals surface area contributed by atoms with E-state index in [0.717, 1.165) is 43.9 Å². The van der Waals surface area contributed by atoms with Gasteiger partial charge < -0.3 is 10.0 Å². The van der Waals surface area contributed by atoms with Gasteiger partial charge in [-0.2, -0.15) is 5.10 Å². The molecule has 3 fully saturated rings. The Labute approximate surface area is 165 Å². The lowest BCUT2D eigenvalue weighted by molar-refractivity contribution is 0.238. The summed E-state index contributed by atoms with van der Waals surface area (Å²) in [5.41, 5.74) is 9.43. The van der Waals surface area contributed by atoms with Gasteiger partial charge in [0.2, 0.25) is 0 Å². The minimum atomic E-state index is 0.197. The van der Waals surface area contributed by atoms with Crippen LogP contribution in [-0.4, -0.2) is 50.6 Å². The number of aliphatic hydroxyl groups is 1. The van der Waals surface area contributed by atoms with Crippen LogP contribution in [0.3, 0.4) is 0 Å². The van der Waals surface area contributed by atoms with Crippen LogP contribution in [0.25, 0.3) is 0 Å². The lowest BCUT2D eigenvalue weighted by atomic mass is 9.73. The summed E-state index contributed by atoms with van der Waals surface area (Å²) in [6.07, 6.45) is 10.4. The van der Waals surface area contributed by atoms with Crippen LogP contribution < -0.4 is 15.8 Å². The van der Waals surface area contributed by atoms with Gasteiger partial charge in [0.1, 0.15) is 12.1 Å². The van der Waals surface area contributed by atoms with E-state index in [1.54, 1.807) is 6.33 Å². The standard InChI is InChI=1S/C20H29N7O/c1-26-10-15(8-23-26)14-2-3-17-16(6-14)20(25-24-17)18-7-19(22-12-21-18)27-5-4-13(9-27)11-28/h7-8,10,12-14,16-17,20,24-25,28H,2-6,9,11H2,1H3/t13-,14?,16?,17?,20?/m0/s1. The fourth-order valence-electron chi connectivity index (χ4n) is 5.20. The molecule has 28 heavy (non-hydrogen) atoms. The van der Waals surface area contributed by atoms with Crippen LogP contribution in [0.15, 0.2) is 24.8 Å². The molecule has 1 saturated carbocycles. The van der Waals surface area contributed by atoms with Crippen LogP contribution in [0.2, 0.25) is 0 Å². The molecule has 0 spiro atoms. The van der Waals surface area contributed by atoms with Gasteiger partial charge in [0.25, 0.3) is 0 Å². The summed E-state index contributed by atoms with van der Waals surface area (Å²) in [7, 11) is 1.98. The molecule has 3 aliphatic rings. The number of anilines is 1. The molecule has 5 atom stereocenters. The van der Waals surface area contributed by atoms with Gasteiger partial charge >= 0.3 is 0 Å². The molecule has 150 valence electrons. The van der Waals surface area contributed by atoms with E-state index in [-0.39, 0.29) is 12.6 Å². The molecule has 0 bridgehead atoms. The highest BCUT2D eigenvalue weighted by Crippen LogP contribution is 2.43. The van der Waals surface area contributed by atoms with Gasteiger partial charge in [-0.05, 0) is 43.1 Å². The SMILES string of the molecule is Cn1cc(C2CCC3NNC(c4cc(N5CC[C@H](CO)C5)ncn4)C3C2)cn1. The van der Waals surface area contributed by atoms with E-state index in [1.807, 2.05) is 17.9 Å². The third kappa shape index (κ3) is 3.29. The largest absolute Gasteiger partial charge is 0.396 e. The van der Waals surface area contributed by atoms with E-state index in [9.17, 15) is 5.11 Å². The fraction of sp³-hybridized carbons (Fsp3) is 0.650. The molecule has 3 N–H and O–H groups in total. The summed E-state index contributed by atoms with van der Waals surface area (Å²) >= 11 is 0. The van der Waals surface area contributed by atoms with Crippen molar-refractivity contribution in [3.63, 3.8) is 0 Å². The third-order valence-electron chi connectivity index (χ3n) is 6.81. The average Bonchev–Trinajstić information content (AvgIpc) is 3.46. The molecule has 2 aliphatic heterocycles. The number of fused-ring (bicyclic) bond motifs is 1. The van der Waals surface area contributed by atoms with Crippen molar-refractivity contribution in [1.82, 2.24) is 30.6 Å². The minimum absolute atomic E-state index is 0.197. The molecule has 8 nitrogen and oxygen atoms in total. The quantitative estimate of drug-likeness (QED) is 0.729. The Bertz CT molecular complexity index is 824. The second-order valence-corrected chi connectivity index (χ2v) is 8.58. The minimum Gasteiger partial charge on any atom is -0.396 e. The first kappa shape index (κ1) is 18.0. The van der Waals surface area contributed by atoms with Crippen molar-refractivity contribution in [2.24, 2.45) is 18.9 Å². The number of hydrogen-bond donors (Lipinski definition) is 3. The highest BCUT2D eigenvalue weighted by atomic mass is 16.3. The number of rotatable bonds is 4. The second-order valence-electron chi connectivity index (χ2n) is 8.58. The van der Waals surface area contributed by atoms with Crippen LogP contribution >= 0.6 is 0 Å². The van der Waals surface area contributed by atoms with Gasteiger partial charge in [0, 0.05) is 51.0 Å². The second kappa shape index (κ2) is 7.42. The molecule has 2 saturated heterocycles. The van der Waals surface area contributed by atoms with Crippen molar-refractivity contribution in [3.8, 4) is 0 Å². The Morgan fingerprint density at radius 3 is 2.93 bits per heavy atom. The van der Waals surface area contributed by atoms with Gasteiger partial charge in [0.05, 0.1) is 17.9 Å². The van der Waals surface area contributed by atoms with Crippen molar-refractivity contribution in [3.05, 3.63) is 36.0 Å².